The van der Waals surface area contributed by atoms with Crippen LogP contribution in [0.1, 0.15) is 37.8 Å². The number of rotatable bonds is 7. The lowest BCUT2D eigenvalue weighted by Gasteiger charge is -2.27. The Morgan fingerprint density at radius 3 is 2.54 bits per heavy atom. The van der Waals surface area contributed by atoms with Gasteiger partial charge in [0.1, 0.15) is 17.2 Å². The monoisotopic (exact) mass is 491 g/mol. The molecule has 0 radical (unpaired) electrons. The van der Waals surface area contributed by atoms with Crippen molar-refractivity contribution in [3.05, 3.63) is 64.3 Å². The minimum Gasteiger partial charge on any atom is -0.497 e. The molecule has 8 heteroatoms. The topological polar surface area (TPSA) is 80.8 Å². The molecule has 1 saturated carbocycles. The second-order valence-corrected chi connectivity index (χ2v) is 10.5. The number of nitrogens with one attached hydrogen (secondary N) is 1. The fraction of sp³-hybridized carbons (Fsp3) is 0.370. The van der Waals surface area contributed by atoms with Gasteiger partial charge in [0.15, 0.2) is 0 Å². The summed E-state index contributed by atoms with van der Waals surface area (Å²) in [6, 6.07) is 13.2. The van der Waals surface area contributed by atoms with Gasteiger partial charge in [-0.1, -0.05) is 29.8 Å². The zero-order chi connectivity index (χ0) is 24.7. The molecule has 3 aromatic rings. The fourth-order valence-corrected chi connectivity index (χ4v) is 5.90. The van der Waals surface area contributed by atoms with Crippen LogP contribution in [0.15, 0.2) is 42.5 Å². The van der Waals surface area contributed by atoms with Crippen LogP contribution in [0.3, 0.4) is 0 Å². The van der Waals surface area contributed by atoms with Crippen molar-refractivity contribution in [1.82, 2.24) is 15.2 Å². The second kappa shape index (κ2) is 9.34. The summed E-state index contributed by atoms with van der Waals surface area (Å²) in [4.78, 5) is 34.1. The maximum atomic E-state index is 13.7. The summed E-state index contributed by atoms with van der Waals surface area (Å²) in [6.07, 6.45) is 1.10. The van der Waals surface area contributed by atoms with E-state index in [0.717, 1.165) is 27.4 Å². The lowest BCUT2D eigenvalue weighted by molar-refractivity contribution is 0.0690. The number of piperidine rings is 1. The van der Waals surface area contributed by atoms with Gasteiger partial charge in [-0.15, -0.1) is 11.3 Å². The predicted octanol–water partition coefficient (Wildman–Crippen LogP) is 4.33. The summed E-state index contributed by atoms with van der Waals surface area (Å²) >= 11 is 1.55. The molecule has 2 aromatic carbocycles. The fourth-order valence-electron chi connectivity index (χ4n) is 4.99. The van der Waals surface area contributed by atoms with E-state index in [2.05, 4.69) is 16.4 Å². The number of methoxy groups -OCH3 is 2. The van der Waals surface area contributed by atoms with Crippen LogP contribution in [0.4, 0.5) is 0 Å². The predicted molar refractivity (Wildman–Crippen MR) is 135 cm³/mol. The maximum Gasteiger partial charge on any atom is 0.274 e. The van der Waals surface area contributed by atoms with Crippen LogP contribution < -0.4 is 14.8 Å². The standard InChI is InChI=1S/C27H29N3O4S/c1-15-6-5-7-17(8-15)25-24(29-16(2)35-25)27(32)30-14-19-11-22(19)23(30)13-28-26(31)18-9-20(33-3)12-21(10-18)34-4/h5-10,12,19,22-23H,11,13-14H2,1-4H3,(H,28,31)/t19-,22-,23+/m0/s1. The van der Waals surface area contributed by atoms with Crippen LogP contribution in [0.25, 0.3) is 10.4 Å². The molecule has 1 aliphatic carbocycles. The molecule has 182 valence electrons. The first-order chi connectivity index (χ1) is 16.9. The Labute approximate surface area is 209 Å². The van der Waals surface area contributed by atoms with Crippen molar-refractivity contribution in [3.8, 4) is 21.9 Å². The number of benzene rings is 2. The van der Waals surface area contributed by atoms with E-state index in [1.807, 2.05) is 36.9 Å². The number of fused-ring (bicyclic) bond motifs is 1. The van der Waals surface area contributed by atoms with E-state index in [1.54, 1.807) is 43.8 Å². The van der Waals surface area contributed by atoms with Gasteiger partial charge in [-0.2, -0.15) is 0 Å². The van der Waals surface area contributed by atoms with Gasteiger partial charge in [0.05, 0.1) is 30.1 Å². The lowest BCUT2D eigenvalue weighted by atomic mass is 10.1. The molecular formula is C27H29N3O4S. The number of nitrogens with zero attached hydrogens (tertiary/aromatic N) is 2. The van der Waals surface area contributed by atoms with E-state index < -0.39 is 0 Å². The molecule has 2 heterocycles. The molecule has 7 nitrogen and oxygen atoms in total. The van der Waals surface area contributed by atoms with Gasteiger partial charge in [0.25, 0.3) is 11.8 Å². The largest absolute Gasteiger partial charge is 0.497 e. The summed E-state index contributed by atoms with van der Waals surface area (Å²) in [5, 5.41) is 3.90. The third kappa shape index (κ3) is 4.62. The smallest absolute Gasteiger partial charge is 0.274 e. The number of thiazole rings is 1. The molecule has 0 bridgehead atoms. The van der Waals surface area contributed by atoms with Crippen LogP contribution >= 0.6 is 11.3 Å². The van der Waals surface area contributed by atoms with Crippen molar-refractivity contribution in [1.29, 1.82) is 0 Å². The minimum absolute atomic E-state index is 0.0451. The highest BCUT2D eigenvalue weighted by Crippen LogP contribution is 2.50. The third-order valence-corrected chi connectivity index (χ3v) is 7.89. The summed E-state index contributed by atoms with van der Waals surface area (Å²) in [5.74, 6) is 1.75. The Morgan fingerprint density at radius 1 is 1.11 bits per heavy atom. The molecule has 2 amide bonds. The van der Waals surface area contributed by atoms with Crippen molar-refractivity contribution in [2.45, 2.75) is 26.3 Å². The number of amides is 2. The summed E-state index contributed by atoms with van der Waals surface area (Å²) in [5.41, 5.74) is 3.12. The van der Waals surface area contributed by atoms with Gasteiger partial charge in [0.2, 0.25) is 0 Å². The average molecular weight is 492 g/mol. The quantitative estimate of drug-likeness (QED) is 0.532. The van der Waals surface area contributed by atoms with E-state index in [9.17, 15) is 9.59 Å². The van der Waals surface area contributed by atoms with Crippen molar-refractivity contribution in [2.24, 2.45) is 11.8 Å². The molecule has 1 aromatic heterocycles. The molecule has 1 N–H and O–H groups in total. The van der Waals surface area contributed by atoms with Crippen LogP contribution in [0.2, 0.25) is 0 Å². The van der Waals surface area contributed by atoms with Crippen molar-refractivity contribution < 1.29 is 19.1 Å². The Morgan fingerprint density at radius 2 is 1.86 bits per heavy atom. The first kappa shape index (κ1) is 23.4. The molecule has 5 rings (SSSR count). The molecule has 1 saturated heterocycles. The summed E-state index contributed by atoms with van der Waals surface area (Å²) < 4.78 is 10.6. The average Bonchev–Trinajstić information content (AvgIpc) is 3.38. The molecular weight excluding hydrogens is 462 g/mol. The van der Waals surface area contributed by atoms with Gasteiger partial charge < -0.3 is 19.7 Å². The van der Waals surface area contributed by atoms with Crippen LogP contribution in [-0.2, 0) is 0 Å². The number of hydrogen-bond donors (Lipinski definition) is 1. The molecule has 0 spiro atoms. The van der Waals surface area contributed by atoms with Gasteiger partial charge in [0, 0.05) is 24.7 Å². The SMILES string of the molecule is COc1cc(OC)cc(C(=O)NC[C@@H]2[C@H]3C[C@H]3CN2C(=O)c2nc(C)sc2-c2cccc(C)c2)c1. The summed E-state index contributed by atoms with van der Waals surface area (Å²) in [7, 11) is 3.10. The highest BCUT2D eigenvalue weighted by Gasteiger charge is 2.54. The Balaban J connectivity index is 1.34. The van der Waals surface area contributed by atoms with Crippen LogP contribution in [0, 0.1) is 25.7 Å². The van der Waals surface area contributed by atoms with Gasteiger partial charge in [-0.3, -0.25) is 9.59 Å². The van der Waals surface area contributed by atoms with Crippen LogP contribution in [0.5, 0.6) is 11.5 Å². The van der Waals surface area contributed by atoms with Gasteiger partial charge >= 0.3 is 0 Å². The number of ether oxygens (including phenoxy) is 2. The molecule has 3 atom stereocenters. The number of aromatic nitrogens is 1. The van der Waals surface area contributed by atoms with Crippen molar-refractivity contribution in [2.75, 3.05) is 27.3 Å². The Kier molecular flexibility index (Phi) is 6.23. The van der Waals surface area contributed by atoms with Crippen molar-refractivity contribution >= 4 is 23.2 Å². The third-order valence-electron chi connectivity index (χ3n) is 6.87. The molecule has 2 aliphatic rings. The van der Waals surface area contributed by atoms with Crippen LogP contribution in [-0.4, -0.2) is 55.0 Å². The Bertz CT molecular complexity index is 1260. The number of hydrogen-bond acceptors (Lipinski definition) is 6. The Hall–Kier alpha value is -3.39. The van der Waals surface area contributed by atoms with E-state index in [4.69, 9.17) is 9.47 Å². The minimum atomic E-state index is -0.219. The van der Waals surface area contributed by atoms with E-state index in [-0.39, 0.29) is 17.9 Å². The van der Waals surface area contributed by atoms with Crippen molar-refractivity contribution in [3.63, 3.8) is 0 Å². The van der Waals surface area contributed by atoms with E-state index in [0.29, 0.717) is 47.7 Å². The first-order valence-electron chi connectivity index (χ1n) is 11.7. The number of carbonyl (C=O) groups excluding carboxylic acids is 2. The highest BCUT2D eigenvalue weighted by atomic mass is 32.1. The second-order valence-electron chi connectivity index (χ2n) is 9.28. The van der Waals surface area contributed by atoms with Gasteiger partial charge in [-0.05, 0) is 49.8 Å². The zero-order valence-electron chi connectivity index (χ0n) is 20.3. The van der Waals surface area contributed by atoms with E-state index >= 15 is 0 Å². The molecule has 0 unspecified atom stereocenters. The molecule has 1 aliphatic heterocycles. The molecule has 2 fully saturated rings. The first-order valence-corrected chi connectivity index (χ1v) is 12.6. The highest BCUT2D eigenvalue weighted by molar-refractivity contribution is 7.15. The van der Waals surface area contributed by atoms with Gasteiger partial charge in [-0.25, -0.2) is 4.98 Å². The lowest BCUT2D eigenvalue weighted by Crippen LogP contribution is -2.45. The zero-order valence-corrected chi connectivity index (χ0v) is 21.1. The number of aryl methyl sites for hydroxylation is 2. The maximum absolute atomic E-state index is 13.7. The summed E-state index contributed by atoms with van der Waals surface area (Å²) in [6.45, 7) is 5.08. The molecule has 35 heavy (non-hydrogen) atoms. The normalized spacial score (nSPS) is 20.3. The number of likely N-dealkylation sites (tertiary alicyclic amines) is 1. The number of carbonyl (C=O) groups is 2. The van der Waals surface area contributed by atoms with E-state index in [1.165, 1.54) is 0 Å².